The molecule has 0 bridgehead atoms. The summed E-state index contributed by atoms with van der Waals surface area (Å²) in [4.78, 5) is 2.62. The van der Waals surface area contributed by atoms with Crippen LogP contribution >= 0.6 is 0 Å². The maximum Gasteiger partial charge on any atom is 0.00104 e. The minimum atomic E-state index is 0.385. The van der Waals surface area contributed by atoms with E-state index in [2.05, 4.69) is 18.7 Å². The third kappa shape index (κ3) is 4.97. The zero-order chi connectivity index (χ0) is 10.4. The zero-order valence-corrected chi connectivity index (χ0v) is 9.84. The molecule has 0 amide bonds. The fourth-order valence-corrected chi connectivity index (χ4v) is 2.29. The lowest BCUT2D eigenvalue weighted by atomic mass is 10.00. The van der Waals surface area contributed by atoms with Crippen LogP contribution in [-0.4, -0.2) is 30.6 Å². The topological polar surface area (TPSA) is 29.3 Å². The Hall–Kier alpha value is -0.0800. The molecule has 0 aromatic carbocycles. The van der Waals surface area contributed by atoms with E-state index in [0.717, 1.165) is 5.92 Å². The number of unbranched alkanes of at least 4 members (excludes halogenated alkanes) is 1. The second-order valence-electron chi connectivity index (χ2n) is 5.02. The Bertz CT molecular complexity index is 145. The van der Waals surface area contributed by atoms with Crippen molar-refractivity contribution in [1.82, 2.24) is 4.90 Å². The van der Waals surface area contributed by atoms with Crippen molar-refractivity contribution in [2.45, 2.75) is 52.0 Å². The van der Waals surface area contributed by atoms with Crippen molar-refractivity contribution < 1.29 is 0 Å². The summed E-state index contributed by atoms with van der Waals surface area (Å²) < 4.78 is 0. The van der Waals surface area contributed by atoms with Gasteiger partial charge in [-0.05, 0) is 51.6 Å². The van der Waals surface area contributed by atoms with Crippen LogP contribution in [0, 0.1) is 5.92 Å². The number of likely N-dealkylation sites (tertiary alicyclic amines) is 1. The van der Waals surface area contributed by atoms with Gasteiger partial charge in [0.05, 0.1) is 0 Å². The molecule has 1 aliphatic rings. The summed E-state index contributed by atoms with van der Waals surface area (Å²) >= 11 is 0. The normalized spacial score (nSPS) is 26.4. The second-order valence-corrected chi connectivity index (χ2v) is 5.02. The van der Waals surface area contributed by atoms with Gasteiger partial charge in [-0.3, -0.25) is 0 Å². The molecule has 0 aliphatic carbocycles. The minimum Gasteiger partial charge on any atom is -0.328 e. The number of piperidine rings is 1. The van der Waals surface area contributed by atoms with Gasteiger partial charge in [-0.15, -0.1) is 0 Å². The first-order chi connectivity index (χ1) is 6.68. The molecular formula is C12H26N2. The summed E-state index contributed by atoms with van der Waals surface area (Å²) in [5.74, 6) is 0.914. The Morgan fingerprint density at radius 1 is 1.43 bits per heavy atom. The van der Waals surface area contributed by atoms with Crippen LogP contribution in [0.15, 0.2) is 0 Å². The van der Waals surface area contributed by atoms with Crippen molar-refractivity contribution in [1.29, 1.82) is 0 Å². The van der Waals surface area contributed by atoms with Crippen molar-refractivity contribution in [2.24, 2.45) is 11.7 Å². The summed E-state index contributed by atoms with van der Waals surface area (Å²) in [7, 11) is 0. The van der Waals surface area contributed by atoms with Crippen LogP contribution < -0.4 is 5.73 Å². The van der Waals surface area contributed by atoms with Gasteiger partial charge in [0.2, 0.25) is 0 Å². The smallest absolute Gasteiger partial charge is 0.00104 e. The Morgan fingerprint density at radius 2 is 2.21 bits per heavy atom. The van der Waals surface area contributed by atoms with Crippen LogP contribution in [0.3, 0.4) is 0 Å². The van der Waals surface area contributed by atoms with Crippen LogP contribution in [0.1, 0.15) is 46.0 Å². The Labute approximate surface area is 88.8 Å². The van der Waals surface area contributed by atoms with E-state index in [1.807, 2.05) is 0 Å². The maximum absolute atomic E-state index is 5.72. The zero-order valence-electron chi connectivity index (χ0n) is 9.84. The molecule has 2 heteroatoms. The first kappa shape index (κ1) is 12.0. The molecule has 1 rings (SSSR count). The Balaban J connectivity index is 2.00. The second kappa shape index (κ2) is 6.41. The van der Waals surface area contributed by atoms with Crippen LogP contribution in [-0.2, 0) is 0 Å². The van der Waals surface area contributed by atoms with Gasteiger partial charge in [-0.2, -0.15) is 0 Å². The van der Waals surface area contributed by atoms with Gasteiger partial charge in [0.15, 0.2) is 0 Å². The minimum absolute atomic E-state index is 0.385. The first-order valence-corrected chi connectivity index (χ1v) is 6.16. The maximum atomic E-state index is 5.72. The average molecular weight is 198 g/mol. The summed E-state index contributed by atoms with van der Waals surface area (Å²) in [5.41, 5.74) is 5.72. The molecule has 1 saturated heterocycles. The predicted molar refractivity (Wildman–Crippen MR) is 62.3 cm³/mol. The summed E-state index contributed by atoms with van der Waals surface area (Å²) in [5, 5.41) is 0. The molecule has 2 nitrogen and oxygen atoms in total. The first-order valence-electron chi connectivity index (χ1n) is 6.16. The molecule has 84 valence electrons. The van der Waals surface area contributed by atoms with Crippen molar-refractivity contribution in [2.75, 3.05) is 19.6 Å². The van der Waals surface area contributed by atoms with Crippen LogP contribution in [0.4, 0.5) is 0 Å². The summed E-state index contributed by atoms with van der Waals surface area (Å²) in [6.45, 7) is 8.40. The van der Waals surface area contributed by atoms with Crippen LogP contribution in [0.25, 0.3) is 0 Å². The molecule has 1 fully saturated rings. The molecular weight excluding hydrogens is 172 g/mol. The highest BCUT2D eigenvalue weighted by molar-refractivity contribution is 4.69. The number of rotatable bonds is 5. The van der Waals surface area contributed by atoms with Gasteiger partial charge in [-0.1, -0.05) is 13.3 Å². The predicted octanol–water partition coefficient (Wildman–Crippen LogP) is 2.24. The molecule has 14 heavy (non-hydrogen) atoms. The molecule has 2 N–H and O–H groups in total. The van der Waals surface area contributed by atoms with Gasteiger partial charge in [0.25, 0.3) is 0 Å². The van der Waals surface area contributed by atoms with Crippen molar-refractivity contribution in [3.8, 4) is 0 Å². The molecule has 0 spiro atoms. The number of nitrogens with two attached hydrogens (primary N) is 1. The molecule has 2 atom stereocenters. The fourth-order valence-electron chi connectivity index (χ4n) is 2.29. The number of hydrogen-bond donors (Lipinski definition) is 1. The highest BCUT2D eigenvalue weighted by Gasteiger charge is 2.15. The SMILES string of the molecule is CC(N)CCCCN1CCCC(C)C1. The van der Waals surface area contributed by atoms with Crippen molar-refractivity contribution in [3.05, 3.63) is 0 Å². The lowest BCUT2D eigenvalue weighted by molar-refractivity contribution is 0.180. The largest absolute Gasteiger partial charge is 0.328 e. The van der Waals surface area contributed by atoms with Gasteiger partial charge in [-0.25, -0.2) is 0 Å². The Kier molecular flexibility index (Phi) is 5.49. The monoisotopic (exact) mass is 198 g/mol. The van der Waals surface area contributed by atoms with Gasteiger partial charge in [0, 0.05) is 12.6 Å². The van der Waals surface area contributed by atoms with Crippen LogP contribution in [0.5, 0.6) is 0 Å². The molecule has 0 aromatic rings. The third-order valence-corrected chi connectivity index (χ3v) is 3.12. The van der Waals surface area contributed by atoms with E-state index in [0.29, 0.717) is 6.04 Å². The van der Waals surface area contributed by atoms with Crippen LogP contribution in [0.2, 0.25) is 0 Å². The Morgan fingerprint density at radius 3 is 2.86 bits per heavy atom. The van der Waals surface area contributed by atoms with E-state index < -0.39 is 0 Å². The van der Waals surface area contributed by atoms with Gasteiger partial charge < -0.3 is 10.6 Å². The number of hydrogen-bond acceptors (Lipinski definition) is 2. The molecule has 0 radical (unpaired) electrons. The van der Waals surface area contributed by atoms with E-state index in [-0.39, 0.29) is 0 Å². The molecule has 1 heterocycles. The highest BCUT2D eigenvalue weighted by Crippen LogP contribution is 2.15. The van der Waals surface area contributed by atoms with E-state index in [1.54, 1.807) is 0 Å². The molecule has 2 unspecified atom stereocenters. The van der Waals surface area contributed by atoms with Gasteiger partial charge >= 0.3 is 0 Å². The standard InChI is InChI=1S/C12H26N2/c1-11-6-5-9-14(10-11)8-4-3-7-12(2)13/h11-12H,3-10,13H2,1-2H3. The van der Waals surface area contributed by atoms with Gasteiger partial charge in [0.1, 0.15) is 0 Å². The lowest BCUT2D eigenvalue weighted by Gasteiger charge is -2.30. The summed E-state index contributed by atoms with van der Waals surface area (Å²) in [6.07, 6.45) is 6.63. The lowest BCUT2D eigenvalue weighted by Crippen LogP contribution is -2.35. The third-order valence-electron chi connectivity index (χ3n) is 3.12. The van der Waals surface area contributed by atoms with E-state index in [4.69, 9.17) is 5.73 Å². The highest BCUT2D eigenvalue weighted by atomic mass is 15.1. The quantitative estimate of drug-likeness (QED) is 0.686. The van der Waals surface area contributed by atoms with E-state index >= 15 is 0 Å². The fraction of sp³-hybridized carbons (Fsp3) is 1.00. The molecule has 0 aromatic heterocycles. The van der Waals surface area contributed by atoms with E-state index in [1.165, 1.54) is 51.7 Å². The summed E-state index contributed by atoms with van der Waals surface area (Å²) in [6, 6.07) is 0.385. The van der Waals surface area contributed by atoms with Crippen molar-refractivity contribution >= 4 is 0 Å². The van der Waals surface area contributed by atoms with E-state index in [9.17, 15) is 0 Å². The number of nitrogens with zero attached hydrogens (tertiary/aromatic N) is 1. The molecule has 1 aliphatic heterocycles. The average Bonchev–Trinajstić information content (AvgIpc) is 2.12. The van der Waals surface area contributed by atoms with Crippen molar-refractivity contribution in [3.63, 3.8) is 0 Å². The molecule has 0 saturated carbocycles.